The van der Waals surface area contributed by atoms with Gasteiger partial charge in [-0.3, -0.25) is 19.6 Å². The molecule has 3 aromatic rings. The van der Waals surface area contributed by atoms with Gasteiger partial charge in [0.2, 0.25) is 5.91 Å². The van der Waals surface area contributed by atoms with Crippen LogP contribution in [-0.4, -0.2) is 49.6 Å². The van der Waals surface area contributed by atoms with Crippen LogP contribution in [0.15, 0.2) is 48.9 Å². The molecule has 0 saturated carbocycles. The molecule has 1 N–H and O–H groups in total. The molecule has 1 aliphatic rings. The normalized spacial score (nSPS) is 16.1. The summed E-state index contributed by atoms with van der Waals surface area (Å²) in [7, 11) is 0. The molecule has 10 nitrogen and oxygen atoms in total. The maximum atomic E-state index is 12.2. The highest BCUT2D eigenvalue weighted by molar-refractivity contribution is 5.76. The molecule has 0 spiro atoms. The number of rotatable bonds is 7. The lowest BCUT2D eigenvalue weighted by molar-refractivity contribution is -0.384. The molecule has 29 heavy (non-hydrogen) atoms. The second-order valence-corrected chi connectivity index (χ2v) is 6.77. The Labute approximate surface area is 166 Å². The molecule has 1 saturated heterocycles. The van der Waals surface area contributed by atoms with Crippen molar-refractivity contribution in [1.82, 2.24) is 24.9 Å². The zero-order chi connectivity index (χ0) is 20.2. The van der Waals surface area contributed by atoms with Crippen LogP contribution < -0.4 is 5.32 Å². The molecule has 150 valence electrons. The highest BCUT2D eigenvalue weighted by Crippen LogP contribution is 2.28. The lowest BCUT2D eigenvalue weighted by Crippen LogP contribution is -2.34. The molecule has 0 bridgehead atoms. The quantitative estimate of drug-likeness (QED) is 0.482. The number of benzene rings is 1. The van der Waals surface area contributed by atoms with Crippen LogP contribution in [0.4, 0.5) is 5.69 Å². The largest absolute Gasteiger partial charge is 0.376 e. The van der Waals surface area contributed by atoms with E-state index in [0.29, 0.717) is 18.7 Å². The topological polar surface area (TPSA) is 117 Å². The minimum atomic E-state index is -0.511. The van der Waals surface area contributed by atoms with Crippen LogP contribution in [0.5, 0.6) is 0 Å². The van der Waals surface area contributed by atoms with Gasteiger partial charge >= 0.3 is 5.69 Å². The van der Waals surface area contributed by atoms with Crippen LogP contribution in [0.2, 0.25) is 0 Å². The molecule has 3 heterocycles. The lowest BCUT2D eigenvalue weighted by atomic mass is 10.2. The second-order valence-electron chi connectivity index (χ2n) is 6.77. The van der Waals surface area contributed by atoms with E-state index in [-0.39, 0.29) is 29.9 Å². The molecule has 1 unspecified atom stereocenters. The van der Waals surface area contributed by atoms with Gasteiger partial charge in [-0.2, -0.15) is 10.2 Å². The summed E-state index contributed by atoms with van der Waals surface area (Å²) in [5, 5.41) is 22.8. The molecule has 4 rings (SSSR count). The van der Waals surface area contributed by atoms with Gasteiger partial charge in [-0.15, -0.1) is 0 Å². The number of para-hydroxylation sites is 1. The Balaban J connectivity index is 1.50. The number of carbonyl (C=O) groups excluding carboxylic acids is 1. The van der Waals surface area contributed by atoms with E-state index in [4.69, 9.17) is 4.74 Å². The summed E-state index contributed by atoms with van der Waals surface area (Å²) < 4.78 is 8.36. The number of hydrogen-bond acceptors (Lipinski definition) is 6. The molecular weight excluding hydrogens is 376 g/mol. The number of ether oxygens (including phenoxy) is 1. The fraction of sp³-hybridized carbons (Fsp3) is 0.316. The molecule has 1 aliphatic heterocycles. The van der Waals surface area contributed by atoms with Crippen molar-refractivity contribution in [2.45, 2.75) is 25.5 Å². The summed E-state index contributed by atoms with van der Waals surface area (Å²) in [5.74, 6) is -0.274. The Morgan fingerprint density at radius 3 is 2.86 bits per heavy atom. The lowest BCUT2D eigenvalue weighted by Gasteiger charge is -2.10. The van der Waals surface area contributed by atoms with E-state index < -0.39 is 4.92 Å². The van der Waals surface area contributed by atoms with Crippen molar-refractivity contribution in [3.05, 3.63) is 59.0 Å². The van der Waals surface area contributed by atoms with Crippen LogP contribution in [0, 0.1) is 10.1 Å². The summed E-state index contributed by atoms with van der Waals surface area (Å²) in [6.07, 6.45) is 6.40. The monoisotopic (exact) mass is 396 g/mol. The van der Waals surface area contributed by atoms with E-state index in [2.05, 4.69) is 15.5 Å². The van der Waals surface area contributed by atoms with Gasteiger partial charge in [0.15, 0.2) is 5.69 Å². The van der Waals surface area contributed by atoms with E-state index >= 15 is 0 Å². The number of aromatic nitrogens is 4. The number of nitro groups is 1. The standard InChI is InChI=1S/C19H20N6O4/c26-18(20-10-16-7-4-8-29-16)13-23-12-17(25(27)28)19(22-23)14-9-21-24(11-14)15-5-2-1-3-6-15/h1-3,5-6,9,11-12,16H,4,7-8,10,13H2,(H,20,26). The fourth-order valence-electron chi connectivity index (χ4n) is 3.23. The summed E-state index contributed by atoms with van der Waals surface area (Å²) in [4.78, 5) is 23.1. The third-order valence-corrected chi connectivity index (χ3v) is 4.67. The maximum absolute atomic E-state index is 12.2. The van der Waals surface area contributed by atoms with Crippen molar-refractivity contribution in [3.8, 4) is 16.9 Å². The predicted octanol–water partition coefficient (Wildman–Crippen LogP) is 1.94. The van der Waals surface area contributed by atoms with Gasteiger partial charge in [0.1, 0.15) is 12.7 Å². The molecular formula is C19H20N6O4. The fourth-order valence-corrected chi connectivity index (χ4v) is 3.23. The zero-order valence-electron chi connectivity index (χ0n) is 15.6. The smallest absolute Gasteiger partial charge is 0.315 e. The van der Waals surface area contributed by atoms with Gasteiger partial charge in [0, 0.05) is 24.9 Å². The summed E-state index contributed by atoms with van der Waals surface area (Å²) >= 11 is 0. The van der Waals surface area contributed by atoms with Crippen LogP contribution in [-0.2, 0) is 16.1 Å². The molecule has 1 fully saturated rings. The van der Waals surface area contributed by atoms with Gasteiger partial charge in [0.25, 0.3) is 0 Å². The van der Waals surface area contributed by atoms with Gasteiger partial charge in [-0.05, 0) is 25.0 Å². The zero-order valence-corrected chi connectivity index (χ0v) is 15.6. The highest BCUT2D eigenvalue weighted by atomic mass is 16.6. The average Bonchev–Trinajstić information content (AvgIpc) is 3.47. The Morgan fingerprint density at radius 1 is 1.31 bits per heavy atom. The first-order valence-corrected chi connectivity index (χ1v) is 9.31. The van der Waals surface area contributed by atoms with Gasteiger partial charge in [-0.1, -0.05) is 18.2 Å². The molecule has 0 radical (unpaired) electrons. The van der Waals surface area contributed by atoms with Crippen molar-refractivity contribution in [2.24, 2.45) is 0 Å². The number of hydrogen-bond donors (Lipinski definition) is 1. The Hall–Kier alpha value is -3.53. The summed E-state index contributed by atoms with van der Waals surface area (Å²) in [6, 6.07) is 9.40. The molecule has 10 heteroatoms. The van der Waals surface area contributed by atoms with Crippen molar-refractivity contribution < 1.29 is 14.5 Å². The van der Waals surface area contributed by atoms with E-state index in [1.54, 1.807) is 10.9 Å². The van der Waals surface area contributed by atoms with Crippen molar-refractivity contribution in [2.75, 3.05) is 13.2 Å². The SMILES string of the molecule is O=C(Cn1cc([N+](=O)[O-])c(-c2cnn(-c3ccccc3)c2)n1)NCC1CCCO1. The molecule has 1 atom stereocenters. The summed E-state index contributed by atoms with van der Waals surface area (Å²) in [6.45, 7) is 1.03. The van der Waals surface area contributed by atoms with Gasteiger partial charge in [0.05, 0.1) is 22.9 Å². The summed E-state index contributed by atoms with van der Waals surface area (Å²) in [5.41, 5.74) is 1.32. The first-order valence-electron chi connectivity index (χ1n) is 9.31. The molecule has 2 aromatic heterocycles. The first-order chi connectivity index (χ1) is 14.1. The number of carbonyl (C=O) groups is 1. The van der Waals surface area contributed by atoms with E-state index in [0.717, 1.165) is 18.5 Å². The van der Waals surface area contributed by atoms with E-state index in [1.807, 2.05) is 30.3 Å². The second kappa shape index (κ2) is 8.23. The molecule has 1 amide bonds. The third-order valence-electron chi connectivity index (χ3n) is 4.67. The van der Waals surface area contributed by atoms with Gasteiger partial charge < -0.3 is 10.1 Å². The Kier molecular flexibility index (Phi) is 5.34. The van der Waals surface area contributed by atoms with Crippen molar-refractivity contribution in [3.63, 3.8) is 0 Å². The van der Waals surface area contributed by atoms with Crippen LogP contribution in [0.3, 0.4) is 0 Å². The minimum absolute atomic E-state index is 0.0327. The van der Waals surface area contributed by atoms with Crippen LogP contribution in [0.25, 0.3) is 16.9 Å². The van der Waals surface area contributed by atoms with Crippen LogP contribution >= 0.6 is 0 Å². The Morgan fingerprint density at radius 2 is 2.14 bits per heavy atom. The van der Waals surface area contributed by atoms with E-state index in [1.165, 1.54) is 17.1 Å². The molecule has 0 aliphatic carbocycles. The van der Waals surface area contributed by atoms with Crippen molar-refractivity contribution >= 4 is 11.6 Å². The molecule has 1 aromatic carbocycles. The van der Waals surface area contributed by atoms with Gasteiger partial charge in [-0.25, -0.2) is 4.68 Å². The Bertz CT molecular complexity index is 1010. The van der Waals surface area contributed by atoms with E-state index in [9.17, 15) is 14.9 Å². The minimum Gasteiger partial charge on any atom is -0.376 e. The number of nitrogens with one attached hydrogen (secondary N) is 1. The first kappa shape index (κ1) is 18.8. The maximum Gasteiger partial charge on any atom is 0.315 e. The average molecular weight is 396 g/mol. The number of nitrogens with zero attached hydrogens (tertiary/aromatic N) is 5. The van der Waals surface area contributed by atoms with Crippen LogP contribution in [0.1, 0.15) is 12.8 Å². The van der Waals surface area contributed by atoms with Crippen molar-refractivity contribution in [1.29, 1.82) is 0 Å². The highest BCUT2D eigenvalue weighted by Gasteiger charge is 2.23. The number of amides is 1. The third kappa shape index (κ3) is 4.32. The predicted molar refractivity (Wildman–Crippen MR) is 103 cm³/mol.